The quantitative estimate of drug-likeness (QED) is 0.856. The highest BCUT2D eigenvalue weighted by molar-refractivity contribution is 5.98. The van der Waals surface area contributed by atoms with Gasteiger partial charge in [-0.1, -0.05) is 0 Å². The number of carbonyl (C=O) groups excluding carboxylic acids is 1. The Morgan fingerprint density at radius 1 is 1.46 bits per heavy atom. The first kappa shape index (κ1) is 16.6. The number of aryl methyl sites for hydroxylation is 1. The van der Waals surface area contributed by atoms with E-state index in [2.05, 4.69) is 15.1 Å². The fourth-order valence-corrected chi connectivity index (χ4v) is 3.25. The maximum atomic E-state index is 13.8. The monoisotopic (exact) mass is 331 g/mol. The molecule has 5 nitrogen and oxygen atoms in total. The number of carbonyl (C=O) groups is 1. The molecule has 128 valence electrons. The molecular formula is C18H22FN3O2. The minimum absolute atomic E-state index is 0.000499. The van der Waals surface area contributed by atoms with Crippen LogP contribution >= 0.6 is 0 Å². The molecule has 1 aromatic carbocycles. The van der Waals surface area contributed by atoms with Gasteiger partial charge in [0.1, 0.15) is 0 Å². The number of nitrogens with one attached hydrogen (secondary N) is 1. The Morgan fingerprint density at radius 3 is 2.96 bits per heavy atom. The lowest BCUT2D eigenvalue weighted by Gasteiger charge is -2.31. The molecule has 0 saturated carbocycles. The van der Waals surface area contributed by atoms with Crippen molar-refractivity contribution in [2.75, 3.05) is 20.2 Å². The largest absolute Gasteiger partial charge is 0.494 e. The average molecular weight is 331 g/mol. The zero-order valence-corrected chi connectivity index (χ0v) is 14.0. The number of halogens is 1. The molecule has 1 aromatic heterocycles. The number of H-pyrrole nitrogens is 1. The second kappa shape index (κ2) is 7.13. The number of aromatic nitrogens is 2. The zero-order chi connectivity index (χ0) is 17.1. The standard InChI is InChI=1S/C18H22FN3O2/c1-12-8-15(21-20-12)11-22-7-3-4-14(10-22)18(23)13-5-6-17(24-2)16(19)9-13/h5-6,8-9,14H,3-4,7,10-11H2,1-2H3,(H,20,21)/t14-/m0/s1. The van der Waals surface area contributed by atoms with Gasteiger partial charge in [-0.15, -0.1) is 0 Å². The lowest BCUT2D eigenvalue weighted by atomic mass is 9.90. The number of hydrogen-bond donors (Lipinski definition) is 1. The molecular weight excluding hydrogens is 309 g/mol. The zero-order valence-electron chi connectivity index (χ0n) is 14.0. The van der Waals surface area contributed by atoms with Crippen LogP contribution in [0.4, 0.5) is 4.39 Å². The van der Waals surface area contributed by atoms with Gasteiger partial charge >= 0.3 is 0 Å². The number of rotatable bonds is 5. The summed E-state index contributed by atoms with van der Waals surface area (Å²) in [7, 11) is 1.41. The van der Waals surface area contributed by atoms with Crippen LogP contribution in [0.3, 0.4) is 0 Å². The molecule has 1 aliphatic rings. The third-order valence-corrected chi connectivity index (χ3v) is 4.46. The third kappa shape index (κ3) is 3.64. The Labute approximate surface area is 140 Å². The van der Waals surface area contributed by atoms with Crippen molar-refractivity contribution in [2.45, 2.75) is 26.3 Å². The highest BCUT2D eigenvalue weighted by Gasteiger charge is 2.27. The van der Waals surface area contributed by atoms with Gasteiger partial charge in [0, 0.05) is 30.3 Å². The summed E-state index contributed by atoms with van der Waals surface area (Å²) in [4.78, 5) is 14.9. The number of aromatic amines is 1. The number of piperidine rings is 1. The van der Waals surface area contributed by atoms with Crippen LogP contribution in [0.5, 0.6) is 5.75 Å². The van der Waals surface area contributed by atoms with Crippen molar-refractivity contribution in [3.05, 3.63) is 47.0 Å². The van der Waals surface area contributed by atoms with Crippen molar-refractivity contribution in [3.63, 3.8) is 0 Å². The Kier molecular flexibility index (Phi) is 4.94. The van der Waals surface area contributed by atoms with Crippen LogP contribution in [0, 0.1) is 18.7 Å². The van der Waals surface area contributed by atoms with Crippen molar-refractivity contribution < 1.29 is 13.9 Å². The number of likely N-dealkylation sites (tertiary alicyclic amines) is 1. The Morgan fingerprint density at radius 2 is 2.29 bits per heavy atom. The van der Waals surface area contributed by atoms with Crippen LogP contribution in [0.15, 0.2) is 24.3 Å². The van der Waals surface area contributed by atoms with Gasteiger partial charge < -0.3 is 4.74 Å². The van der Waals surface area contributed by atoms with E-state index < -0.39 is 5.82 Å². The average Bonchev–Trinajstić information content (AvgIpc) is 2.99. The van der Waals surface area contributed by atoms with Crippen LogP contribution in [-0.2, 0) is 6.54 Å². The Bertz CT molecular complexity index is 729. The SMILES string of the molecule is COc1ccc(C(=O)[C@H]2CCCN(Cc3cc(C)[nH]n3)C2)cc1F. The second-order valence-corrected chi connectivity index (χ2v) is 6.33. The topological polar surface area (TPSA) is 58.2 Å². The van der Waals surface area contributed by atoms with Gasteiger partial charge in [0.25, 0.3) is 0 Å². The number of methoxy groups -OCH3 is 1. The van der Waals surface area contributed by atoms with Crippen LogP contribution in [0.2, 0.25) is 0 Å². The summed E-state index contributed by atoms with van der Waals surface area (Å²) in [5.41, 5.74) is 2.43. The van der Waals surface area contributed by atoms with Crippen LogP contribution in [0.25, 0.3) is 0 Å². The van der Waals surface area contributed by atoms with Crippen LogP contribution in [0.1, 0.15) is 34.6 Å². The van der Waals surface area contributed by atoms with Gasteiger partial charge in [-0.05, 0) is 50.6 Å². The smallest absolute Gasteiger partial charge is 0.167 e. The molecule has 0 spiro atoms. The summed E-state index contributed by atoms with van der Waals surface area (Å²) in [6, 6.07) is 6.44. The van der Waals surface area contributed by atoms with Gasteiger partial charge in [0.05, 0.1) is 12.8 Å². The summed E-state index contributed by atoms with van der Waals surface area (Å²) >= 11 is 0. The second-order valence-electron chi connectivity index (χ2n) is 6.33. The number of benzene rings is 1. The molecule has 1 fully saturated rings. The normalized spacial score (nSPS) is 18.5. The predicted octanol–water partition coefficient (Wildman–Crippen LogP) is 2.96. The first-order valence-electron chi connectivity index (χ1n) is 8.18. The van der Waals surface area contributed by atoms with Crippen molar-refractivity contribution >= 4 is 5.78 Å². The molecule has 2 heterocycles. The minimum atomic E-state index is -0.497. The highest BCUT2D eigenvalue weighted by Crippen LogP contribution is 2.25. The van der Waals surface area contributed by atoms with Crippen LogP contribution < -0.4 is 4.74 Å². The number of Topliss-reactive ketones (excluding diaryl/α,β-unsaturated/α-hetero) is 1. The molecule has 6 heteroatoms. The molecule has 0 amide bonds. The number of ether oxygens (including phenoxy) is 1. The van der Waals surface area contributed by atoms with Crippen molar-refractivity contribution in [1.29, 1.82) is 0 Å². The molecule has 24 heavy (non-hydrogen) atoms. The summed E-state index contributed by atoms with van der Waals surface area (Å²) in [5, 5.41) is 7.19. The van der Waals surface area contributed by atoms with E-state index in [0.29, 0.717) is 12.1 Å². The van der Waals surface area contributed by atoms with Gasteiger partial charge in [0.15, 0.2) is 17.3 Å². The van der Waals surface area contributed by atoms with E-state index in [4.69, 9.17) is 4.74 Å². The van der Waals surface area contributed by atoms with E-state index in [1.54, 1.807) is 6.07 Å². The summed E-state index contributed by atoms with van der Waals surface area (Å²) in [6.45, 7) is 4.33. The number of ketones is 1. The molecule has 2 aromatic rings. The minimum Gasteiger partial charge on any atom is -0.494 e. The van der Waals surface area contributed by atoms with E-state index in [1.807, 2.05) is 13.0 Å². The highest BCUT2D eigenvalue weighted by atomic mass is 19.1. The van der Waals surface area contributed by atoms with E-state index in [-0.39, 0.29) is 17.5 Å². The molecule has 1 aliphatic heterocycles. The van der Waals surface area contributed by atoms with Crippen molar-refractivity contribution in [3.8, 4) is 5.75 Å². The maximum absolute atomic E-state index is 13.8. The molecule has 1 N–H and O–H groups in total. The lowest BCUT2D eigenvalue weighted by molar-refractivity contribution is 0.0809. The van der Waals surface area contributed by atoms with Gasteiger partial charge in [-0.2, -0.15) is 5.10 Å². The van der Waals surface area contributed by atoms with Crippen molar-refractivity contribution in [1.82, 2.24) is 15.1 Å². The molecule has 1 saturated heterocycles. The first-order valence-corrected chi connectivity index (χ1v) is 8.18. The number of nitrogens with zero attached hydrogens (tertiary/aromatic N) is 2. The van der Waals surface area contributed by atoms with Gasteiger partial charge in [-0.3, -0.25) is 14.8 Å². The third-order valence-electron chi connectivity index (χ3n) is 4.46. The van der Waals surface area contributed by atoms with Crippen LogP contribution in [-0.4, -0.2) is 41.1 Å². The molecule has 0 radical (unpaired) electrons. The van der Waals surface area contributed by atoms with Crippen molar-refractivity contribution in [2.24, 2.45) is 5.92 Å². The number of hydrogen-bond acceptors (Lipinski definition) is 4. The fraction of sp³-hybridized carbons (Fsp3) is 0.444. The first-order chi connectivity index (χ1) is 11.6. The summed E-state index contributed by atoms with van der Waals surface area (Å²) < 4.78 is 18.8. The maximum Gasteiger partial charge on any atom is 0.167 e. The molecule has 0 aliphatic carbocycles. The van der Waals surface area contributed by atoms with E-state index in [1.165, 1.54) is 19.2 Å². The van der Waals surface area contributed by atoms with Gasteiger partial charge in [0.2, 0.25) is 0 Å². The fourth-order valence-electron chi connectivity index (χ4n) is 3.25. The molecule has 3 rings (SSSR count). The van der Waals surface area contributed by atoms with Gasteiger partial charge in [-0.25, -0.2) is 4.39 Å². The van der Waals surface area contributed by atoms with E-state index in [0.717, 1.165) is 37.3 Å². The molecule has 0 bridgehead atoms. The van der Waals surface area contributed by atoms with E-state index in [9.17, 15) is 9.18 Å². The summed E-state index contributed by atoms with van der Waals surface area (Å²) in [5.74, 6) is -0.445. The lowest BCUT2D eigenvalue weighted by Crippen LogP contribution is -2.38. The van der Waals surface area contributed by atoms with E-state index >= 15 is 0 Å². The summed E-state index contributed by atoms with van der Waals surface area (Å²) in [6.07, 6.45) is 1.79. The molecule has 0 unspecified atom stereocenters. The Hall–Kier alpha value is -2.21. The predicted molar refractivity (Wildman–Crippen MR) is 88.6 cm³/mol. The molecule has 1 atom stereocenters. The Balaban J connectivity index is 1.67.